The Morgan fingerprint density at radius 3 is 2.62 bits per heavy atom. The number of nitrogens with one attached hydrogen (secondary N) is 1. The molecule has 1 atom stereocenters. The number of Topliss-reactive ketones (excluding diaryl/α,β-unsaturated/α-hetero) is 1. The van der Waals surface area contributed by atoms with Crippen molar-refractivity contribution in [2.24, 2.45) is 0 Å². The molecule has 37 heavy (non-hydrogen) atoms. The topological polar surface area (TPSA) is 71.5 Å². The van der Waals surface area contributed by atoms with Gasteiger partial charge in [-0.25, -0.2) is 4.98 Å². The summed E-state index contributed by atoms with van der Waals surface area (Å²) in [7, 11) is 0. The van der Waals surface area contributed by atoms with Gasteiger partial charge in [0.25, 0.3) is 5.91 Å². The zero-order valence-corrected chi connectivity index (χ0v) is 22.5. The molecule has 182 valence electrons. The van der Waals surface area contributed by atoms with Crippen molar-refractivity contribution in [1.82, 2.24) is 10.3 Å². The van der Waals surface area contributed by atoms with E-state index in [0.29, 0.717) is 28.3 Å². The van der Waals surface area contributed by atoms with Crippen LogP contribution in [0.3, 0.4) is 0 Å². The fraction of sp³-hybridized carbons (Fsp3) is 0.0690. The number of pyridine rings is 1. The van der Waals surface area contributed by atoms with Crippen LogP contribution in [-0.2, 0) is 0 Å². The molecule has 4 aromatic rings. The number of hydrogen-bond donors (Lipinski definition) is 1. The third-order valence-electron chi connectivity index (χ3n) is 6.33. The first kappa shape index (κ1) is 23.6. The van der Waals surface area contributed by atoms with Gasteiger partial charge in [-0.15, -0.1) is 0 Å². The maximum absolute atomic E-state index is 13.3. The van der Waals surface area contributed by atoms with E-state index in [1.54, 1.807) is 24.5 Å². The molecule has 6 rings (SSSR count). The van der Waals surface area contributed by atoms with Gasteiger partial charge in [-0.05, 0) is 79.0 Å². The first-order chi connectivity index (χ1) is 18.0. The predicted molar refractivity (Wildman–Crippen MR) is 150 cm³/mol. The monoisotopic (exact) mass is 615 g/mol. The molecule has 0 saturated carbocycles. The number of ether oxygens (including phenoxy) is 1. The lowest BCUT2D eigenvalue weighted by atomic mass is 9.93. The van der Waals surface area contributed by atoms with Gasteiger partial charge in [0.05, 0.1) is 22.2 Å². The van der Waals surface area contributed by atoms with Gasteiger partial charge in [-0.2, -0.15) is 0 Å². The summed E-state index contributed by atoms with van der Waals surface area (Å²) in [5.74, 6) is 0.838. The molecule has 2 aliphatic heterocycles. The standard InChI is InChI=1S/C29H19Br2N3O3/c30-20-12-24(31)28(32-14-20)34-16-23-26(37-25-8-4-3-7-22(25)27(23)35)13-21(34)15-33-29(36)19-10-9-17-5-1-2-6-18(17)11-19/h1-14,16,26H,15H2,(H,33,36)/t26-/m1/s1. The molecule has 0 bridgehead atoms. The summed E-state index contributed by atoms with van der Waals surface area (Å²) in [6.45, 7) is 0.204. The molecular weight excluding hydrogens is 598 g/mol. The number of fused-ring (bicyclic) bond motifs is 3. The van der Waals surface area contributed by atoms with Crippen molar-refractivity contribution < 1.29 is 14.3 Å². The minimum Gasteiger partial charge on any atom is -0.481 e. The molecule has 8 heteroatoms. The highest BCUT2D eigenvalue weighted by Crippen LogP contribution is 2.37. The van der Waals surface area contributed by atoms with Gasteiger partial charge in [-0.1, -0.05) is 42.5 Å². The summed E-state index contributed by atoms with van der Waals surface area (Å²) in [4.78, 5) is 32.8. The van der Waals surface area contributed by atoms with E-state index in [0.717, 1.165) is 25.4 Å². The van der Waals surface area contributed by atoms with E-state index in [2.05, 4.69) is 42.2 Å². The average Bonchev–Trinajstić information content (AvgIpc) is 2.91. The normalized spacial score (nSPS) is 16.3. The van der Waals surface area contributed by atoms with Crippen LogP contribution in [-0.4, -0.2) is 29.3 Å². The zero-order valence-electron chi connectivity index (χ0n) is 19.3. The first-order valence-corrected chi connectivity index (χ1v) is 13.2. The second-order valence-electron chi connectivity index (χ2n) is 8.68. The second kappa shape index (κ2) is 9.61. The lowest BCUT2D eigenvalue weighted by Gasteiger charge is -2.34. The van der Waals surface area contributed by atoms with Crippen LogP contribution in [0.5, 0.6) is 5.75 Å². The molecule has 0 spiro atoms. The molecule has 1 N–H and O–H groups in total. The molecule has 3 heterocycles. The number of rotatable bonds is 4. The number of aromatic nitrogens is 1. The van der Waals surface area contributed by atoms with Crippen LogP contribution in [0.4, 0.5) is 5.82 Å². The van der Waals surface area contributed by atoms with Crippen LogP contribution < -0.4 is 15.0 Å². The number of ketones is 1. The Balaban J connectivity index is 1.33. The lowest BCUT2D eigenvalue weighted by molar-refractivity contribution is 0.0951. The summed E-state index contributed by atoms with van der Waals surface area (Å²) in [6, 6.07) is 22.6. The highest BCUT2D eigenvalue weighted by Gasteiger charge is 2.35. The fourth-order valence-electron chi connectivity index (χ4n) is 4.50. The highest BCUT2D eigenvalue weighted by atomic mass is 79.9. The number of anilines is 1. The quantitative estimate of drug-likeness (QED) is 0.286. The highest BCUT2D eigenvalue weighted by molar-refractivity contribution is 9.11. The predicted octanol–water partition coefficient (Wildman–Crippen LogP) is 6.42. The van der Waals surface area contributed by atoms with Crippen LogP contribution in [0.2, 0.25) is 0 Å². The molecule has 0 saturated heterocycles. The van der Waals surface area contributed by atoms with Gasteiger partial charge in [0.2, 0.25) is 0 Å². The number of nitrogens with zero attached hydrogens (tertiary/aromatic N) is 2. The molecular formula is C29H19Br2N3O3. The van der Waals surface area contributed by atoms with Gasteiger partial charge in [-0.3, -0.25) is 9.59 Å². The first-order valence-electron chi connectivity index (χ1n) is 11.6. The van der Waals surface area contributed by atoms with Crippen molar-refractivity contribution >= 4 is 60.1 Å². The van der Waals surface area contributed by atoms with Crippen LogP contribution in [0.15, 0.2) is 111 Å². The Kier molecular flexibility index (Phi) is 6.14. The number of hydrogen-bond acceptors (Lipinski definition) is 5. The molecule has 0 radical (unpaired) electrons. The maximum atomic E-state index is 13.3. The minimum absolute atomic E-state index is 0.0967. The largest absolute Gasteiger partial charge is 0.481 e. The van der Waals surface area contributed by atoms with E-state index in [-0.39, 0.29) is 18.2 Å². The summed E-state index contributed by atoms with van der Waals surface area (Å²) in [5.41, 5.74) is 2.32. The van der Waals surface area contributed by atoms with Gasteiger partial charge >= 0.3 is 0 Å². The van der Waals surface area contributed by atoms with Crippen LogP contribution in [0.1, 0.15) is 20.7 Å². The summed E-state index contributed by atoms with van der Waals surface area (Å²) in [5, 5.41) is 5.09. The number of benzene rings is 3. The molecule has 0 aliphatic carbocycles. The lowest BCUT2D eigenvalue weighted by Crippen LogP contribution is -2.39. The zero-order chi connectivity index (χ0) is 25.5. The molecule has 1 aromatic heterocycles. The van der Waals surface area contributed by atoms with Crippen LogP contribution in [0, 0.1) is 0 Å². The summed E-state index contributed by atoms with van der Waals surface area (Å²) < 4.78 is 7.71. The van der Waals surface area contributed by atoms with Crippen molar-refractivity contribution in [2.75, 3.05) is 11.4 Å². The molecule has 3 aromatic carbocycles. The Bertz CT molecular complexity index is 1650. The van der Waals surface area contributed by atoms with Gasteiger partial charge in [0.15, 0.2) is 11.6 Å². The number of carbonyl (C=O) groups excluding carboxylic acids is 2. The van der Waals surface area contributed by atoms with Gasteiger partial charge in [0.1, 0.15) is 11.9 Å². The van der Waals surface area contributed by atoms with Crippen LogP contribution >= 0.6 is 31.9 Å². The van der Waals surface area contributed by atoms with Gasteiger partial charge < -0.3 is 15.0 Å². The Morgan fingerprint density at radius 2 is 1.78 bits per heavy atom. The van der Waals surface area contributed by atoms with E-state index < -0.39 is 6.10 Å². The number of amides is 1. The molecule has 2 aliphatic rings. The maximum Gasteiger partial charge on any atom is 0.251 e. The Labute approximate surface area is 229 Å². The molecule has 0 unspecified atom stereocenters. The van der Waals surface area contributed by atoms with E-state index in [4.69, 9.17) is 4.74 Å². The SMILES string of the molecule is O=C(NCC1=C[C@H]2Oc3ccccc3C(=O)C2=CN1c1ncc(Br)cc1Br)c1ccc2ccccc2c1. The number of carbonyl (C=O) groups is 2. The third kappa shape index (κ3) is 4.47. The molecule has 1 amide bonds. The third-order valence-corrected chi connectivity index (χ3v) is 7.35. The molecule has 6 nitrogen and oxygen atoms in total. The Hall–Kier alpha value is -3.75. The van der Waals surface area contributed by atoms with Crippen molar-refractivity contribution in [1.29, 1.82) is 0 Å². The van der Waals surface area contributed by atoms with Crippen molar-refractivity contribution in [3.05, 3.63) is 123 Å². The second-order valence-corrected chi connectivity index (χ2v) is 10.4. The van der Waals surface area contributed by atoms with E-state index in [9.17, 15) is 9.59 Å². The van der Waals surface area contributed by atoms with E-state index in [1.165, 1.54) is 0 Å². The van der Waals surface area contributed by atoms with Crippen LogP contribution in [0.25, 0.3) is 10.8 Å². The average molecular weight is 617 g/mol. The van der Waals surface area contributed by atoms with Crippen molar-refractivity contribution in [2.45, 2.75) is 6.10 Å². The van der Waals surface area contributed by atoms with Crippen molar-refractivity contribution in [3.8, 4) is 5.75 Å². The fourth-order valence-corrected chi connectivity index (χ4v) is 5.68. The van der Waals surface area contributed by atoms with Gasteiger partial charge in [0, 0.05) is 28.1 Å². The minimum atomic E-state index is -0.569. The van der Waals surface area contributed by atoms with Crippen molar-refractivity contribution in [3.63, 3.8) is 0 Å². The van der Waals surface area contributed by atoms with E-state index in [1.807, 2.05) is 71.6 Å². The summed E-state index contributed by atoms with van der Waals surface area (Å²) >= 11 is 7.02. The smallest absolute Gasteiger partial charge is 0.251 e. The Morgan fingerprint density at radius 1 is 1.00 bits per heavy atom. The number of halogens is 2. The summed E-state index contributed by atoms with van der Waals surface area (Å²) in [6.07, 6.45) is 4.73. The number of para-hydroxylation sites is 1. The van der Waals surface area contributed by atoms with E-state index >= 15 is 0 Å². The molecule has 0 fully saturated rings.